The largest absolute Gasteiger partial charge is 0.496 e. The molecule has 0 spiro atoms. The first-order valence-electron chi connectivity index (χ1n) is 7.40. The number of rotatable bonds is 6. The monoisotopic (exact) mass is 428 g/mol. The van der Waals surface area contributed by atoms with Gasteiger partial charge in [0.2, 0.25) is 0 Å². The van der Waals surface area contributed by atoms with E-state index in [1.807, 2.05) is 13.8 Å². The Kier molecular flexibility index (Phi) is 6.44. The first-order valence-corrected chi connectivity index (χ1v) is 8.57. The van der Waals surface area contributed by atoms with E-state index < -0.39 is 5.97 Å². The smallest absolute Gasteiger partial charge is 0.336 e. The molecule has 2 N–H and O–H groups in total. The van der Waals surface area contributed by atoms with Gasteiger partial charge in [0.25, 0.3) is 0 Å². The minimum absolute atomic E-state index is 0.00144. The number of hydrogen-bond donors (Lipinski definition) is 1. The summed E-state index contributed by atoms with van der Waals surface area (Å²) in [6.07, 6.45) is 0.109. The average molecular weight is 430 g/mol. The molecule has 134 valence electrons. The lowest BCUT2D eigenvalue weighted by Gasteiger charge is -2.08. The summed E-state index contributed by atoms with van der Waals surface area (Å²) in [5, 5.41) is 8.46. The van der Waals surface area contributed by atoms with Crippen LogP contribution >= 0.6 is 27.5 Å². The highest BCUT2D eigenvalue weighted by Crippen LogP contribution is 2.22. The predicted octanol–water partition coefficient (Wildman–Crippen LogP) is 3.18. The van der Waals surface area contributed by atoms with Gasteiger partial charge >= 0.3 is 5.97 Å². The summed E-state index contributed by atoms with van der Waals surface area (Å²) in [5.74, 6) is -0.0385. The van der Waals surface area contributed by atoms with Crippen LogP contribution < -0.4 is 10.5 Å². The molecule has 0 saturated carbocycles. The van der Waals surface area contributed by atoms with E-state index in [1.54, 1.807) is 22.9 Å². The summed E-state index contributed by atoms with van der Waals surface area (Å²) in [4.78, 5) is 16.8. The number of carbonyl (C=O) groups excluding carboxylic acids is 1. The molecule has 9 heteroatoms. The number of nitrogens with zero attached hydrogens (tertiary/aromatic N) is 3. The first kappa shape index (κ1) is 19.3. The fraction of sp³-hybridized carbons (Fsp3) is 0.312. The molecule has 0 radical (unpaired) electrons. The van der Waals surface area contributed by atoms with Crippen molar-refractivity contribution in [3.63, 3.8) is 0 Å². The van der Waals surface area contributed by atoms with Crippen molar-refractivity contribution >= 4 is 39.3 Å². The van der Waals surface area contributed by atoms with Gasteiger partial charge in [0.1, 0.15) is 5.75 Å². The highest BCUT2D eigenvalue weighted by atomic mass is 79.9. The number of oxime groups is 1. The zero-order valence-electron chi connectivity index (χ0n) is 14.0. The number of amidine groups is 1. The second-order valence-electron chi connectivity index (χ2n) is 5.24. The van der Waals surface area contributed by atoms with Crippen LogP contribution in [0.25, 0.3) is 0 Å². The number of methoxy groups -OCH3 is 1. The van der Waals surface area contributed by atoms with Crippen LogP contribution in [-0.2, 0) is 16.2 Å². The molecule has 1 aromatic carbocycles. The van der Waals surface area contributed by atoms with Crippen molar-refractivity contribution in [1.29, 1.82) is 0 Å². The van der Waals surface area contributed by atoms with E-state index in [-0.39, 0.29) is 12.3 Å². The Labute approximate surface area is 158 Å². The summed E-state index contributed by atoms with van der Waals surface area (Å²) in [6.45, 7) is 4.18. The lowest BCUT2D eigenvalue weighted by Crippen LogP contribution is -2.17. The Morgan fingerprint density at radius 2 is 2.16 bits per heavy atom. The van der Waals surface area contributed by atoms with Crippen LogP contribution in [0.15, 0.2) is 27.8 Å². The van der Waals surface area contributed by atoms with Crippen LogP contribution in [0.3, 0.4) is 0 Å². The van der Waals surface area contributed by atoms with E-state index in [4.69, 9.17) is 26.9 Å². The molecule has 0 saturated heterocycles. The van der Waals surface area contributed by atoms with Crippen LogP contribution in [-0.4, -0.2) is 28.7 Å². The maximum absolute atomic E-state index is 11.9. The third kappa shape index (κ3) is 4.73. The van der Waals surface area contributed by atoms with Gasteiger partial charge in [-0.2, -0.15) is 5.10 Å². The molecule has 1 aromatic heterocycles. The minimum atomic E-state index is -0.521. The van der Waals surface area contributed by atoms with Crippen molar-refractivity contribution < 1.29 is 14.4 Å². The van der Waals surface area contributed by atoms with E-state index in [1.165, 1.54) is 7.11 Å². The molecule has 0 aliphatic heterocycles. The van der Waals surface area contributed by atoms with Crippen molar-refractivity contribution in [2.45, 2.75) is 26.8 Å². The molecular formula is C16H18BrClN4O3. The molecule has 0 fully saturated rings. The van der Waals surface area contributed by atoms with Crippen LogP contribution in [0.5, 0.6) is 5.75 Å². The molecule has 0 bridgehead atoms. The predicted molar refractivity (Wildman–Crippen MR) is 98.8 cm³/mol. The second kappa shape index (κ2) is 8.35. The molecule has 7 nitrogen and oxygen atoms in total. The number of aromatic nitrogens is 2. The third-order valence-electron chi connectivity index (χ3n) is 3.50. The number of halogens is 2. The quantitative estimate of drug-likeness (QED) is 0.329. The SMILES string of the molecule is COc1ccc(Cl)cc1/C(N)=N/OC(=O)CCn1nc(C)c(Br)c1C. The Morgan fingerprint density at radius 3 is 2.76 bits per heavy atom. The van der Waals surface area contributed by atoms with E-state index in [9.17, 15) is 4.79 Å². The summed E-state index contributed by atoms with van der Waals surface area (Å²) < 4.78 is 7.84. The van der Waals surface area contributed by atoms with Crippen molar-refractivity contribution in [1.82, 2.24) is 9.78 Å². The van der Waals surface area contributed by atoms with Gasteiger partial charge in [0, 0.05) is 10.7 Å². The number of nitrogens with two attached hydrogens (primary N) is 1. The third-order valence-corrected chi connectivity index (χ3v) is 4.89. The number of benzene rings is 1. The van der Waals surface area contributed by atoms with E-state index in [2.05, 4.69) is 26.2 Å². The molecule has 2 rings (SSSR count). The number of ether oxygens (including phenoxy) is 1. The van der Waals surface area contributed by atoms with Crippen molar-refractivity contribution in [3.8, 4) is 5.75 Å². The van der Waals surface area contributed by atoms with Gasteiger partial charge in [-0.3, -0.25) is 4.68 Å². The van der Waals surface area contributed by atoms with Gasteiger partial charge in [-0.15, -0.1) is 0 Å². The normalized spacial score (nSPS) is 11.5. The Morgan fingerprint density at radius 1 is 1.44 bits per heavy atom. The zero-order valence-corrected chi connectivity index (χ0v) is 16.4. The van der Waals surface area contributed by atoms with Crippen LogP contribution in [0.1, 0.15) is 23.4 Å². The Bertz CT molecular complexity index is 820. The molecule has 25 heavy (non-hydrogen) atoms. The van der Waals surface area contributed by atoms with Gasteiger partial charge in [0.05, 0.1) is 35.8 Å². The molecule has 0 unspecified atom stereocenters. The Balaban J connectivity index is 2.00. The van der Waals surface area contributed by atoms with Gasteiger partial charge in [-0.05, 0) is 48.0 Å². The Hall–Kier alpha value is -2.06. The fourth-order valence-electron chi connectivity index (χ4n) is 2.17. The maximum Gasteiger partial charge on any atom is 0.336 e. The van der Waals surface area contributed by atoms with Crippen LogP contribution in [0.4, 0.5) is 0 Å². The summed E-state index contributed by atoms with van der Waals surface area (Å²) in [6, 6.07) is 4.90. The molecule has 0 aliphatic rings. The average Bonchev–Trinajstić information content (AvgIpc) is 2.84. The van der Waals surface area contributed by atoms with Gasteiger partial charge in [-0.1, -0.05) is 16.8 Å². The van der Waals surface area contributed by atoms with E-state index in [0.717, 1.165) is 15.9 Å². The number of hydrogen-bond acceptors (Lipinski definition) is 5. The van der Waals surface area contributed by atoms with Crippen molar-refractivity contribution in [2.75, 3.05) is 7.11 Å². The standard InChI is InChI=1S/C16H18BrClN4O3/c1-9-15(17)10(2)22(20-9)7-6-14(23)25-21-16(19)12-8-11(18)4-5-13(12)24-3/h4-5,8H,6-7H2,1-3H3,(H2,19,21). The van der Waals surface area contributed by atoms with Crippen LogP contribution in [0, 0.1) is 13.8 Å². The maximum atomic E-state index is 11.9. The zero-order chi connectivity index (χ0) is 18.6. The molecule has 1 heterocycles. The van der Waals surface area contributed by atoms with Gasteiger partial charge < -0.3 is 15.3 Å². The van der Waals surface area contributed by atoms with Crippen LogP contribution in [0.2, 0.25) is 5.02 Å². The van der Waals surface area contributed by atoms with Crippen molar-refractivity contribution in [3.05, 3.63) is 44.6 Å². The molecule has 0 atom stereocenters. The topological polar surface area (TPSA) is 91.7 Å². The lowest BCUT2D eigenvalue weighted by molar-refractivity contribution is -0.144. The van der Waals surface area contributed by atoms with Gasteiger partial charge in [0.15, 0.2) is 5.84 Å². The number of carbonyl (C=O) groups is 1. The summed E-state index contributed by atoms with van der Waals surface area (Å²) >= 11 is 9.38. The molecule has 2 aromatic rings. The molecular weight excluding hydrogens is 412 g/mol. The summed E-state index contributed by atoms with van der Waals surface area (Å²) in [7, 11) is 1.50. The second-order valence-corrected chi connectivity index (χ2v) is 6.47. The first-order chi connectivity index (χ1) is 11.8. The van der Waals surface area contributed by atoms with Crippen molar-refractivity contribution in [2.24, 2.45) is 10.9 Å². The van der Waals surface area contributed by atoms with E-state index in [0.29, 0.717) is 22.9 Å². The summed E-state index contributed by atoms with van der Waals surface area (Å²) in [5.41, 5.74) is 8.11. The molecule has 0 aliphatic carbocycles. The van der Waals surface area contributed by atoms with E-state index >= 15 is 0 Å². The highest BCUT2D eigenvalue weighted by Gasteiger charge is 2.12. The van der Waals surface area contributed by atoms with Gasteiger partial charge in [-0.25, -0.2) is 4.79 Å². The fourth-order valence-corrected chi connectivity index (χ4v) is 2.62. The highest BCUT2D eigenvalue weighted by molar-refractivity contribution is 9.10. The lowest BCUT2D eigenvalue weighted by atomic mass is 10.2. The molecule has 0 amide bonds. The number of aryl methyl sites for hydroxylation is 2. The minimum Gasteiger partial charge on any atom is -0.496 e.